The highest BCUT2D eigenvalue weighted by atomic mass is 16.2. The first-order valence-corrected chi connectivity index (χ1v) is 12.0. The van der Waals surface area contributed by atoms with E-state index in [9.17, 15) is 9.59 Å². The minimum atomic E-state index is -0.0744. The lowest BCUT2D eigenvalue weighted by molar-refractivity contribution is 0.0951. The summed E-state index contributed by atoms with van der Waals surface area (Å²) in [5.41, 5.74) is 3.09. The van der Waals surface area contributed by atoms with Crippen LogP contribution in [0.5, 0.6) is 0 Å². The molecule has 0 saturated carbocycles. The molecule has 0 saturated heterocycles. The molecular weight excluding hydrogens is 414 g/mol. The van der Waals surface area contributed by atoms with E-state index in [0.29, 0.717) is 30.8 Å². The summed E-state index contributed by atoms with van der Waals surface area (Å²) in [5, 5.41) is 6.52. The third kappa shape index (κ3) is 7.65. The summed E-state index contributed by atoms with van der Waals surface area (Å²) >= 11 is 0. The lowest BCUT2D eigenvalue weighted by Crippen LogP contribution is -2.34. The van der Waals surface area contributed by atoms with E-state index in [1.54, 1.807) is 24.5 Å². The molecule has 1 aromatic carbocycles. The molecule has 3 rings (SSSR count). The maximum Gasteiger partial charge on any atom is 0.258 e. The average Bonchev–Trinajstić information content (AvgIpc) is 2.82. The van der Waals surface area contributed by atoms with Gasteiger partial charge in [0.05, 0.1) is 0 Å². The molecule has 0 spiro atoms. The van der Waals surface area contributed by atoms with Crippen LogP contribution in [0.1, 0.15) is 64.8 Å². The summed E-state index contributed by atoms with van der Waals surface area (Å²) in [7, 11) is 4.05. The maximum absolute atomic E-state index is 13.4. The average molecular weight is 452 g/mol. The molecule has 33 heavy (non-hydrogen) atoms. The second-order valence-electron chi connectivity index (χ2n) is 8.89. The number of hydrogen-bond acceptors (Lipinski definition) is 5. The first kappa shape index (κ1) is 24.9. The Balaban J connectivity index is 1.85. The van der Waals surface area contributed by atoms with Crippen LogP contribution in [0, 0.1) is 0 Å². The van der Waals surface area contributed by atoms with Crippen LogP contribution in [-0.2, 0) is 6.54 Å². The van der Waals surface area contributed by atoms with Crippen LogP contribution in [0.3, 0.4) is 0 Å². The molecule has 0 fully saturated rings. The molecule has 7 heteroatoms. The van der Waals surface area contributed by atoms with Crippen molar-refractivity contribution in [2.75, 3.05) is 45.2 Å². The zero-order chi connectivity index (χ0) is 23.5. The van der Waals surface area contributed by atoms with E-state index in [1.165, 1.54) is 12.8 Å². The zero-order valence-electron chi connectivity index (χ0n) is 20.0. The number of nitrogens with zero attached hydrogens (tertiary/aromatic N) is 3. The van der Waals surface area contributed by atoms with Gasteiger partial charge >= 0.3 is 0 Å². The number of anilines is 1. The molecule has 2 N–H and O–H groups in total. The van der Waals surface area contributed by atoms with Crippen LogP contribution in [0.4, 0.5) is 5.69 Å². The lowest BCUT2D eigenvalue weighted by Gasteiger charge is -2.27. The van der Waals surface area contributed by atoms with Crippen LogP contribution >= 0.6 is 0 Å². The molecule has 2 amide bonds. The summed E-state index contributed by atoms with van der Waals surface area (Å²) in [6, 6.07) is 9.20. The van der Waals surface area contributed by atoms with Gasteiger partial charge in [-0.25, -0.2) is 0 Å². The van der Waals surface area contributed by atoms with Gasteiger partial charge in [0.2, 0.25) is 0 Å². The largest absolute Gasteiger partial charge is 0.352 e. The topological polar surface area (TPSA) is 77.6 Å². The molecule has 1 aliphatic heterocycles. The molecule has 1 aliphatic rings. The van der Waals surface area contributed by atoms with E-state index in [0.717, 1.165) is 50.0 Å². The van der Waals surface area contributed by atoms with Crippen molar-refractivity contribution in [2.24, 2.45) is 0 Å². The Kier molecular flexibility index (Phi) is 9.84. The van der Waals surface area contributed by atoms with Crippen molar-refractivity contribution in [1.29, 1.82) is 0 Å². The van der Waals surface area contributed by atoms with Gasteiger partial charge in [0.1, 0.15) is 0 Å². The van der Waals surface area contributed by atoms with Gasteiger partial charge in [-0.3, -0.25) is 14.6 Å². The van der Waals surface area contributed by atoms with Gasteiger partial charge in [0.25, 0.3) is 11.8 Å². The van der Waals surface area contributed by atoms with Crippen LogP contribution in [0.15, 0.2) is 42.7 Å². The molecule has 1 aromatic heterocycles. The normalized spacial score (nSPS) is 15.3. The number of hydrogen-bond donors (Lipinski definition) is 2. The fourth-order valence-corrected chi connectivity index (χ4v) is 4.09. The van der Waals surface area contributed by atoms with E-state index in [1.807, 2.05) is 37.2 Å². The first-order chi connectivity index (χ1) is 16.1. The van der Waals surface area contributed by atoms with Crippen molar-refractivity contribution in [3.8, 4) is 0 Å². The number of aromatic nitrogens is 1. The van der Waals surface area contributed by atoms with Crippen molar-refractivity contribution in [1.82, 2.24) is 20.5 Å². The van der Waals surface area contributed by atoms with E-state index in [-0.39, 0.29) is 11.8 Å². The Morgan fingerprint density at radius 2 is 1.79 bits per heavy atom. The van der Waals surface area contributed by atoms with Crippen LogP contribution in [-0.4, -0.2) is 62.0 Å². The summed E-state index contributed by atoms with van der Waals surface area (Å²) in [6.45, 7) is 3.78. The third-order valence-corrected chi connectivity index (χ3v) is 5.92. The van der Waals surface area contributed by atoms with Gasteiger partial charge in [-0.1, -0.05) is 19.3 Å². The lowest BCUT2D eigenvalue weighted by atomic mass is 10.0. The summed E-state index contributed by atoms with van der Waals surface area (Å²) in [6.07, 6.45) is 9.76. The van der Waals surface area contributed by atoms with Crippen LogP contribution < -0.4 is 15.5 Å². The van der Waals surface area contributed by atoms with E-state index >= 15 is 0 Å². The van der Waals surface area contributed by atoms with Crippen LogP contribution in [0.25, 0.3) is 0 Å². The predicted molar refractivity (Wildman–Crippen MR) is 133 cm³/mol. The number of rotatable bonds is 6. The van der Waals surface area contributed by atoms with Gasteiger partial charge in [-0.15, -0.1) is 0 Å². The smallest absolute Gasteiger partial charge is 0.258 e. The van der Waals surface area contributed by atoms with E-state index in [2.05, 4.69) is 20.5 Å². The zero-order valence-corrected chi connectivity index (χ0v) is 20.0. The van der Waals surface area contributed by atoms with Crippen molar-refractivity contribution in [2.45, 2.75) is 45.1 Å². The summed E-state index contributed by atoms with van der Waals surface area (Å²) in [5.74, 6) is -0.105. The van der Waals surface area contributed by atoms with Gasteiger partial charge < -0.3 is 20.4 Å². The maximum atomic E-state index is 13.4. The van der Waals surface area contributed by atoms with Crippen LogP contribution in [0.2, 0.25) is 0 Å². The standard InChI is InChI=1S/C26H37N5O2/c1-30(2)17-8-14-29-25(32)22-9-10-24-23(19-22)20-28-13-6-4-3-5-7-18-31(24)26(33)21-11-15-27-16-12-21/h9-12,15-16,19,28H,3-8,13-14,17-18,20H2,1-2H3,(H,29,32). The van der Waals surface area contributed by atoms with Crippen molar-refractivity contribution < 1.29 is 9.59 Å². The number of carbonyl (C=O) groups excluding carboxylic acids is 2. The minimum absolute atomic E-state index is 0.0309. The third-order valence-electron chi connectivity index (χ3n) is 5.92. The highest BCUT2D eigenvalue weighted by Gasteiger charge is 2.21. The number of pyridine rings is 1. The summed E-state index contributed by atoms with van der Waals surface area (Å²) in [4.78, 5) is 34.2. The van der Waals surface area contributed by atoms with E-state index < -0.39 is 0 Å². The quantitative estimate of drug-likeness (QED) is 0.658. The second kappa shape index (κ2) is 13.1. The van der Waals surface area contributed by atoms with Gasteiger partial charge in [0, 0.05) is 48.8 Å². The molecular formula is C26H37N5O2. The Bertz CT molecular complexity index is 901. The molecule has 0 atom stereocenters. The highest BCUT2D eigenvalue weighted by Crippen LogP contribution is 2.25. The van der Waals surface area contributed by atoms with Gasteiger partial charge in [-0.05, 0) is 82.3 Å². The first-order valence-electron chi connectivity index (χ1n) is 12.0. The molecule has 178 valence electrons. The fraction of sp³-hybridized carbons (Fsp3) is 0.500. The number of fused-ring (bicyclic) bond motifs is 1. The summed E-state index contributed by atoms with van der Waals surface area (Å²) < 4.78 is 0. The molecule has 0 aliphatic carbocycles. The van der Waals surface area contributed by atoms with Gasteiger partial charge in [0.15, 0.2) is 0 Å². The Morgan fingerprint density at radius 1 is 1.03 bits per heavy atom. The number of carbonyl (C=O) groups is 2. The molecule has 0 unspecified atom stereocenters. The Morgan fingerprint density at radius 3 is 2.58 bits per heavy atom. The number of amides is 2. The minimum Gasteiger partial charge on any atom is -0.352 e. The van der Waals surface area contributed by atoms with Gasteiger partial charge in [-0.2, -0.15) is 0 Å². The number of benzene rings is 1. The molecule has 2 aromatic rings. The molecule has 2 heterocycles. The van der Waals surface area contributed by atoms with E-state index in [4.69, 9.17) is 0 Å². The molecule has 0 radical (unpaired) electrons. The van der Waals surface area contributed by atoms with Crippen molar-refractivity contribution >= 4 is 17.5 Å². The Labute approximate surface area is 197 Å². The second-order valence-corrected chi connectivity index (χ2v) is 8.89. The molecule has 0 bridgehead atoms. The predicted octanol–water partition coefficient (Wildman–Crippen LogP) is 3.46. The number of nitrogens with one attached hydrogen (secondary N) is 2. The highest BCUT2D eigenvalue weighted by molar-refractivity contribution is 6.06. The Hall–Kier alpha value is -2.77. The molecule has 7 nitrogen and oxygen atoms in total. The van der Waals surface area contributed by atoms with Crippen molar-refractivity contribution in [3.63, 3.8) is 0 Å². The SMILES string of the molecule is CN(C)CCCNC(=O)c1ccc2c(c1)CNCCCCCCCN2C(=O)c1ccncc1. The van der Waals surface area contributed by atoms with Crippen molar-refractivity contribution in [3.05, 3.63) is 59.4 Å². The fourth-order valence-electron chi connectivity index (χ4n) is 4.09. The monoisotopic (exact) mass is 451 g/mol.